The highest BCUT2D eigenvalue weighted by molar-refractivity contribution is 5.23. The first-order chi connectivity index (χ1) is 8.58. The van der Waals surface area contributed by atoms with E-state index in [1.54, 1.807) is 0 Å². The minimum Gasteiger partial charge on any atom is -0.408 e. The van der Waals surface area contributed by atoms with Crippen LogP contribution in [0.3, 0.4) is 0 Å². The predicted octanol–water partition coefficient (Wildman–Crippen LogP) is -2.63. The molecule has 0 amide bonds. The Hall–Kier alpha value is -1.68. The Kier molecular flexibility index (Phi) is 3.48. The molecule has 1 aliphatic rings. The largest absolute Gasteiger partial charge is 0.408 e. The second-order valence-corrected chi connectivity index (χ2v) is 3.89. The maximum atomic E-state index is 9.81. The quantitative estimate of drug-likeness (QED) is 0.288. The van der Waals surface area contributed by atoms with E-state index in [2.05, 4.69) is 10.1 Å². The number of aliphatic hydroxyl groups excluding tert-OH is 3. The van der Waals surface area contributed by atoms with Gasteiger partial charge in [0.15, 0.2) is 6.23 Å². The number of nitrogen functional groups attached to an aromatic ring is 1. The number of aromatic nitrogens is 2. The molecule has 0 unspecified atom stereocenters. The molecule has 6 N–H and O–H groups in total. The number of hydrogen-bond donors (Lipinski definition) is 5. The third kappa shape index (κ3) is 2.04. The van der Waals surface area contributed by atoms with E-state index in [9.17, 15) is 10.2 Å². The average molecular weight is 258 g/mol. The van der Waals surface area contributed by atoms with Gasteiger partial charge < -0.3 is 31.0 Å². The van der Waals surface area contributed by atoms with Gasteiger partial charge in [0.25, 0.3) is 5.62 Å². The van der Waals surface area contributed by atoms with E-state index in [-0.39, 0.29) is 11.4 Å². The summed E-state index contributed by atoms with van der Waals surface area (Å²) in [4.78, 5) is 3.74. The van der Waals surface area contributed by atoms with Crippen molar-refractivity contribution in [3.63, 3.8) is 0 Å². The van der Waals surface area contributed by atoms with Crippen molar-refractivity contribution >= 4 is 5.82 Å². The Morgan fingerprint density at radius 3 is 2.72 bits per heavy atom. The number of nitrogens with two attached hydrogens (primary N) is 1. The maximum absolute atomic E-state index is 9.81. The van der Waals surface area contributed by atoms with E-state index in [0.29, 0.717) is 0 Å². The molecule has 1 aromatic heterocycles. The third-order valence-corrected chi connectivity index (χ3v) is 2.75. The molecule has 4 atom stereocenters. The van der Waals surface area contributed by atoms with Crippen LogP contribution in [0.5, 0.6) is 0 Å². The summed E-state index contributed by atoms with van der Waals surface area (Å²) in [5, 5.41) is 40.1. The van der Waals surface area contributed by atoms with Gasteiger partial charge in [0.05, 0.1) is 6.61 Å². The Morgan fingerprint density at radius 2 is 2.17 bits per heavy atom. The van der Waals surface area contributed by atoms with Crippen LogP contribution in [-0.4, -0.2) is 55.0 Å². The van der Waals surface area contributed by atoms with Crippen LogP contribution in [0.4, 0.5) is 5.82 Å². The van der Waals surface area contributed by atoms with Gasteiger partial charge in [0.1, 0.15) is 24.1 Å². The minimum absolute atomic E-state index is 0.130. The van der Waals surface area contributed by atoms with E-state index < -0.39 is 31.1 Å². The van der Waals surface area contributed by atoms with Gasteiger partial charge in [-0.3, -0.25) is 4.57 Å². The van der Waals surface area contributed by atoms with Crippen LogP contribution in [-0.2, 0) is 4.74 Å². The van der Waals surface area contributed by atoms with Crippen molar-refractivity contribution in [2.75, 3.05) is 12.3 Å². The first kappa shape index (κ1) is 12.8. The molecule has 1 aromatic rings. The number of ether oxygens (including phenoxy) is 1. The van der Waals surface area contributed by atoms with Gasteiger partial charge in [-0.15, -0.1) is 0 Å². The third-order valence-electron chi connectivity index (χ3n) is 2.75. The van der Waals surface area contributed by atoms with Crippen LogP contribution in [0.2, 0.25) is 0 Å². The number of nitrogens with zero attached hydrogens (tertiary/aromatic N) is 3. The predicted molar refractivity (Wildman–Crippen MR) is 57.0 cm³/mol. The van der Waals surface area contributed by atoms with Crippen molar-refractivity contribution < 1.29 is 25.3 Å². The van der Waals surface area contributed by atoms with Gasteiger partial charge in [-0.1, -0.05) is 0 Å². The fourth-order valence-electron chi connectivity index (χ4n) is 1.82. The summed E-state index contributed by atoms with van der Waals surface area (Å²) in [6.45, 7) is -0.441. The minimum atomic E-state index is -1.28. The molecule has 9 nitrogen and oxygen atoms in total. The summed E-state index contributed by atoms with van der Waals surface area (Å²) < 4.78 is 6.47. The van der Waals surface area contributed by atoms with E-state index >= 15 is 0 Å². The molecule has 100 valence electrons. The molecule has 9 heteroatoms. The van der Waals surface area contributed by atoms with Crippen molar-refractivity contribution in [3.8, 4) is 0 Å². The smallest absolute Gasteiger partial charge is 0.270 e. The molecule has 0 radical (unpaired) electrons. The zero-order valence-corrected chi connectivity index (χ0v) is 9.29. The normalized spacial score (nSPS) is 32.9. The molecule has 0 bridgehead atoms. The maximum Gasteiger partial charge on any atom is 0.270 e. The van der Waals surface area contributed by atoms with Crippen LogP contribution < -0.4 is 11.4 Å². The highest BCUT2D eigenvalue weighted by Gasteiger charge is 2.43. The standard InChI is InChI=1S/C9H14N4O5/c10-5-1-2-13(9(11-5)12-17)8-7(16)6(15)4(3-14)18-8/h1-2,4,6-8,14-17H,3H2,(H2,10,11,12)/t4-,6-,7-,8-/m1/s1. The van der Waals surface area contributed by atoms with Crippen LogP contribution in [0.15, 0.2) is 17.4 Å². The van der Waals surface area contributed by atoms with Gasteiger partial charge in [-0.25, -0.2) is 0 Å². The lowest BCUT2D eigenvalue weighted by atomic mass is 10.1. The SMILES string of the molecule is Nc1ccn([C@@H]2O[C@H](CO)[C@@H](O)[C@H]2O)/c(=N/O)n1. The molecule has 0 spiro atoms. The van der Waals surface area contributed by atoms with Crippen LogP contribution in [0.25, 0.3) is 0 Å². The summed E-state index contributed by atoms with van der Waals surface area (Å²) >= 11 is 0. The summed E-state index contributed by atoms with van der Waals surface area (Å²) in [5.74, 6) is 0.130. The number of rotatable bonds is 2. The van der Waals surface area contributed by atoms with E-state index in [1.807, 2.05) is 0 Å². The molecule has 0 saturated carbocycles. The highest BCUT2D eigenvalue weighted by atomic mass is 16.6. The molecule has 1 aliphatic heterocycles. The summed E-state index contributed by atoms with van der Waals surface area (Å²) in [6, 6.07) is 1.42. The lowest BCUT2D eigenvalue weighted by Gasteiger charge is -2.17. The molecule has 1 saturated heterocycles. The van der Waals surface area contributed by atoms with Crippen molar-refractivity contribution in [3.05, 3.63) is 17.9 Å². The zero-order chi connectivity index (χ0) is 13.3. The van der Waals surface area contributed by atoms with Crippen molar-refractivity contribution in [1.29, 1.82) is 0 Å². The van der Waals surface area contributed by atoms with Gasteiger partial charge in [-0.2, -0.15) is 4.98 Å². The molecule has 2 rings (SSSR count). The monoisotopic (exact) mass is 258 g/mol. The van der Waals surface area contributed by atoms with E-state index in [1.165, 1.54) is 16.8 Å². The molecule has 2 heterocycles. The molecule has 0 aromatic carbocycles. The second-order valence-electron chi connectivity index (χ2n) is 3.89. The fourth-order valence-corrected chi connectivity index (χ4v) is 1.82. The van der Waals surface area contributed by atoms with Crippen molar-refractivity contribution in [2.24, 2.45) is 5.16 Å². The Balaban J connectivity index is 2.39. The van der Waals surface area contributed by atoms with E-state index in [0.717, 1.165) is 0 Å². The summed E-state index contributed by atoms with van der Waals surface area (Å²) in [6.07, 6.45) is -3.05. The Bertz CT molecular complexity index is 490. The zero-order valence-electron chi connectivity index (χ0n) is 9.29. The second kappa shape index (κ2) is 4.90. The first-order valence-corrected chi connectivity index (χ1v) is 5.23. The van der Waals surface area contributed by atoms with Crippen molar-refractivity contribution in [2.45, 2.75) is 24.5 Å². The van der Waals surface area contributed by atoms with Gasteiger partial charge >= 0.3 is 0 Å². The molecule has 0 aliphatic carbocycles. The number of hydrogen-bond acceptors (Lipinski definition) is 8. The van der Waals surface area contributed by atoms with Gasteiger partial charge in [0.2, 0.25) is 0 Å². The van der Waals surface area contributed by atoms with Crippen LogP contribution >= 0.6 is 0 Å². The Labute approximate surface area is 101 Å². The molecule has 18 heavy (non-hydrogen) atoms. The molecular formula is C9H14N4O5. The lowest BCUT2D eigenvalue weighted by Crippen LogP contribution is -2.36. The van der Waals surface area contributed by atoms with Gasteiger partial charge in [-0.05, 0) is 11.2 Å². The summed E-state index contributed by atoms with van der Waals surface area (Å²) in [7, 11) is 0. The highest BCUT2D eigenvalue weighted by Crippen LogP contribution is 2.27. The van der Waals surface area contributed by atoms with Crippen LogP contribution in [0, 0.1) is 0 Å². The van der Waals surface area contributed by atoms with Gasteiger partial charge in [0, 0.05) is 6.20 Å². The fraction of sp³-hybridized carbons (Fsp3) is 0.556. The number of aliphatic hydroxyl groups is 3. The topological polar surface area (TPSA) is 146 Å². The Morgan fingerprint density at radius 1 is 1.44 bits per heavy atom. The van der Waals surface area contributed by atoms with Crippen LogP contribution in [0.1, 0.15) is 6.23 Å². The summed E-state index contributed by atoms with van der Waals surface area (Å²) in [5.41, 5.74) is 5.25. The van der Waals surface area contributed by atoms with E-state index in [4.69, 9.17) is 20.8 Å². The molecule has 1 fully saturated rings. The van der Waals surface area contributed by atoms with Crippen molar-refractivity contribution in [1.82, 2.24) is 9.55 Å². The lowest BCUT2D eigenvalue weighted by molar-refractivity contribution is -0.0560. The first-order valence-electron chi connectivity index (χ1n) is 5.23. The molecular weight excluding hydrogens is 244 g/mol. The average Bonchev–Trinajstić information content (AvgIpc) is 2.66. The number of anilines is 1.